The van der Waals surface area contributed by atoms with Gasteiger partial charge in [0, 0.05) is 25.4 Å². The topological polar surface area (TPSA) is 35.6 Å². The van der Waals surface area contributed by atoms with E-state index in [-0.39, 0.29) is 0 Å². The summed E-state index contributed by atoms with van der Waals surface area (Å²) in [6, 6.07) is 0. The molecule has 0 bridgehead atoms. The highest BCUT2D eigenvalue weighted by molar-refractivity contribution is 6.17. The first-order valence-corrected chi connectivity index (χ1v) is 8.26. The van der Waals surface area contributed by atoms with E-state index in [1.54, 1.807) is 0 Å². The first-order chi connectivity index (χ1) is 9.74. The quantitative estimate of drug-likeness (QED) is 0.732. The third-order valence-corrected chi connectivity index (χ3v) is 4.38. The van der Waals surface area contributed by atoms with Gasteiger partial charge < -0.3 is 4.57 Å². The van der Waals surface area contributed by atoms with Gasteiger partial charge in [0.2, 0.25) is 0 Å². The number of imidazole rings is 1. The van der Waals surface area contributed by atoms with Crippen molar-refractivity contribution in [1.82, 2.24) is 19.3 Å². The van der Waals surface area contributed by atoms with E-state index in [0.29, 0.717) is 5.88 Å². The smallest absolute Gasteiger partial charge is 0.158 e. The predicted octanol–water partition coefficient (Wildman–Crippen LogP) is 3.53. The number of rotatable bonds is 7. The molecule has 4 nitrogen and oxygen atoms in total. The molecule has 1 saturated carbocycles. The van der Waals surface area contributed by atoms with Crippen molar-refractivity contribution in [3.05, 3.63) is 11.5 Å². The van der Waals surface area contributed by atoms with Crippen LogP contribution in [0.3, 0.4) is 0 Å². The van der Waals surface area contributed by atoms with Crippen molar-refractivity contribution in [2.24, 2.45) is 5.92 Å². The Hall–Kier alpha value is -1.03. The Labute approximate surface area is 125 Å². The molecule has 1 aliphatic rings. The fourth-order valence-corrected chi connectivity index (χ4v) is 3.11. The zero-order valence-electron chi connectivity index (χ0n) is 12.4. The monoisotopic (exact) mass is 294 g/mol. The van der Waals surface area contributed by atoms with Crippen LogP contribution in [0.25, 0.3) is 11.2 Å². The molecule has 0 atom stereocenters. The van der Waals surface area contributed by atoms with Crippen molar-refractivity contribution in [2.75, 3.05) is 5.88 Å². The van der Waals surface area contributed by atoms with Crippen LogP contribution in [0.15, 0.2) is 0 Å². The molecule has 0 aromatic carbocycles. The third kappa shape index (κ3) is 2.58. The number of hydrogen-bond donors (Lipinski definition) is 0. The van der Waals surface area contributed by atoms with Crippen LogP contribution in [0.4, 0.5) is 0 Å². The van der Waals surface area contributed by atoms with Crippen LogP contribution in [0, 0.1) is 12.8 Å². The average Bonchev–Trinajstić information content (AvgIpc) is 3.12. The molecule has 0 amide bonds. The van der Waals surface area contributed by atoms with Crippen molar-refractivity contribution >= 4 is 22.8 Å². The van der Waals surface area contributed by atoms with Crippen LogP contribution in [0.2, 0.25) is 0 Å². The Kier molecular flexibility index (Phi) is 4.01. The first kappa shape index (κ1) is 13.9. The number of alkyl halides is 1. The highest BCUT2D eigenvalue weighted by Crippen LogP contribution is 2.34. The molecule has 0 N–H and O–H groups in total. The highest BCUT2D eigenvalue weighted by Gasteiger charge is 2.22. The molecule has 0 aliphatic heterocycles. The summed E-state index contributed by atoms with van der Waals surface area (Å²) >= 11 is 5.93. The lowest BCUT2D eigenvalue weighted by Crippen LogP contribution is -2.09. The van der Waals surface area contributed by atoms with Crippen LogP contribution >= 0.6 is 11.6 Å². The van der Waals surface area contributed by atoms with Gasteiger partial charge >= 0.3 is 0 Å². The second-order valence-corrected chi connectivity index (χ2v) is 6.16. The summed E-state index contributed by atoms with van der Waals surface area (Å²) in [4.78, 5) is 4.78. The van der Waals surface area contributed by atoms with E-state index in [1.807, 2.05) is 6.92 Å². The summed E-state index contributed by atoms with van der Waals surface area (Å²) in [7, 11) is 0. The van der Waals surface area contributed by atoms with E-state index in [2.05, 4.69) is 21.3 Å². The zero-order chi connectivity index (χ0) is 14.1. The molecule has 0 radical (unpaired) electrons. The SMILES string of the molecule is CCn1nc(C)c2nc(CCCl)n(CCCC3CC3)c21. The molecule has 20 heavy (non-hydrogen) atoms. The third-order valence-electron chi connectivity index (χ3n) is 4.19. The molecule has 1 fully saturated rings. The molecule has 3 rings (SSSR count). The minimum Gasteiger partial charge on any atom is -0.313 e. The maximum atomic E-state index is 5.93. The Morgan fingerprint density at radius 1 is 1.35 bits per heavy atom. The van der Waals surface area contributed by atoms with Crippen molar-refractivity contribution < 1.29 is 0 Å². The van der Waals surface area contributed by atoms with Crippen LogP contribution < -0.4 is 0 Å². The van der Waals surface area contributed by atoms with Gasteiger partial charge in [-0.15, -0.1) is 11.6 Å². The molecular weight excluding hydrogens is 272 g/mol. The van der Waals surface area contributed by atoms with Crippen LogP contribution in [0.1, 0.15) is 44.1 Å². The van der Waals surface area contributed by atoms with Gasteiger partial charge in [0.15, 0.2) is 5.65 Å². The number of aromatic nitrogens is 4. The van der Waals surface area contributed by atoms with Gasteiger partial charge in [0.1, 0.15) is 11.3 Å². The van der Waals surface area contributed by atoms with Gasteiger partial charge in [-0.25, -0.2) is 9.67 Å². The maximum absolute atomic E-state index is 5.93. The van der Waals surface area contributed by atoms with E-state index in [9.17, 15) is 0 Å². The molecule has 1 aliphatic carbocycles. The summed E-state index contributed by atoms with van der Waals surface area (Å²) in [6.07, 6.45) is 6.28. The van der Waals surface area contributed by atoms with Gasteiger partial charge in [-0.3, -0.25) is 0 Å². The van der Waals surface area contributed by atoms with Gasteiger partial charge in [-0.05, 0) is 32.6 Å². The lowest BCUT2D eigenvalue weighted by molar-refractivity contribution is 0.553. The van der Waals surface area contributed by atoms with Gasteiger partial charge in [0.25, 0.3) is 0 Å². The Balaban J connectivity index is 1.92. The van der Waals surface area contributed by atoms with Gasteiger partial charge in [0.05, 0.1) is 5.69 Å². The summed E-state index contributed by atoms with van der Waals surface area (Å²) in [5.41, 5.74) is 3.26. The van der Waals surface area contributed by atoms with Gasteiger partial charge in [-0.2, -0.15) is 5.10 Å². The van der Waals surface area contributed by atoms with E-state index in [4.69, 9.17) is 16.6 Å². The molecule has 0 saturated heterocycles. The predicted molar refractivity (Wildman–Crippen MR) is 82.3 cm³/mol. The number of nitrogens with zero attached hydrogens (tertiary/aromatic N) is 4. The summed E-state index contributed by atoms with van der Waals surface area (Å²) < 4.78 is 4.43. The Bertz CT molecular complexity index is 595. The van der Waals surface area contributed by atoms with Gasteiger partial charge in [-0.1, -0.05) is 12.8 Å². The lowest BCUT2D eigenvalue weighted by atomic mass is 10.2. The molecule has 2 aromatic rings. The van der Waals surface area contributed by atoms with E-state index in [1.165, 1.54) is 31.3 Å². The minimum absolute atomic E-state index is 0.626. The minimum atomic E-state index is 0.626. The molecule has 2 heterocycles. The van der Waals surface area contributed by atoms with E-state index >= 15 is 0 Å². The highest BCUT2D eigenvalue weighted by atomic mass is 35.5. The summed E-state index contributed by atoms with van der Waals surface area (Å²) in [5.74, 6) is 2.73. The molecule has 5 heteroatoms. The zero-order valence-corrected chi connectivity index (χ0v) is 13.2. The summed E-state index contributed by atoms with van der Waals surface area (Å²) in [5, 5.41) is 4.59. The standard InChI is InChI=1S/C15H23ClN4/c1-3-20-15-14(11(2)18-20)17-13(8-9-16)19(15)10-4-5-12-6-7-12/h12H,3-10H2,1-2H3. The lowest BCUT2D eigenvalue weighted by Gasteiger charge is -2.09. The maximum Gasteiger partial charge on any atom is 0.158 e. The van der Waals surface area contributed by atoms with Crippen molar-refractivity contribution in [3.63, 3.8) is 0 Å². The van der Waals surface area contributed by atoms with Crippen LogP contribution in [-0.4, -0.2) is 25.2 Å². The number of aryl methyl sites for hydroxylation is 4. The average molecular weight is 295 g/mol. The molecule has 2 aromatic heterocycles. The second kappa shape index (κ2) is 5.76. The Morgan fingerprint density at radius 2 is 2.15 bits per heavy atom. The first-order valence-electron chi connectivity index (χ1n) is 7.73. The number of fused-ring (bicyclic) bond motifs is 1. The van der Waals surface area contributed by atoms with E-state index in [0.717, 1.165) is 42.5 Å². The summed E-state index contributed by atoms with van der Waals surface area (Å²) in [6.45, 7) is 6.11. The van der Waals surface area contributed by atoms with Crippen LogP contribution in [0.5, 0.6) is 0 Å². The van der Waals surface area contributed by atoms with Crippen molar-refractivity contribution in [2.45, 2.75) is 59.0 Å². The second-order valence-electron chi connectivity index (χ2n) is 5.78. The van der Waals surface area contributed by atoms with E-state index < -0.39 is 0 Å². The molecule has 0 unspecified atom stereocenters. The molecule has 0 spiro atoms. The Morgan fingerprint density at radius 3 is 2.80 bits per heavy atom. The van der Waals surface area contributed by atoms with Crippen LogP contribution in [-0.2, 0) is 19.5 Å². The van der Waals surface area contributed by atoms with Crippen molar-refractivity contribution in [3.8, 4) is 0 Å². The fourth-order valence-electron chi connectivity index (χ4n) is 2.94. The number of hydrogen-bond acceptors (Lipinski definition) is 2. The van der Waals surface area contributed by atoms with Crippen molar-refractivity contribution in [1.29, 1.82) is 0 Å². The largest absolute Gasteiger partial charge is 0.313 e. The normalized spacial score (nSPS) is 15.3. The molecular formula is C15H23ClN4. The fraction of sp³-hybridized carbons (Fsp3) is 0.733. The number of halogens is 1. The molecule has 110 valence electrons.